The number of hydrogen-bond acceptors (Lipinski definition) is 7. The number of halogens is 1. The molecule has 0 saturated carbocycles. The second-order valence-corrected chi connectivity index (χ2v) is 10.6. The molecule has 2 aliphatic heterocycles. The predicted molar refractivity (Wildman–Crippen MR) is 157 cm³/mol. The van der Waals surface area contributed by atoms with Gasteiger partial charge in [0.05, 0.1) is 17.3 Å². The van der Waals surface area contributed by atoms with Crippen molar-refractivity contribution in [1.29, 1.82) is 0 Å². The van der Waals surface area contributed by atoms with Gasteiger partial charge in [0.1, 0.15) is 5.82 Å². The Labute approximate surface area is 239 Å². The van der Waals surface area contributed by atoms with Crippen molar-refractivity contribution in [3.05, 3.63) is 52.6 Å². The van der Waals surface area contributed by atoms with Crippen LogP contribution < -0.4 is 28.2 Å². The topological polar surface area (TPSA) is 181 Å². The third-order valence-electron chi connectivity index (χ3n) is 6.95. The highest BCUT2D eigenvalue weighted by Gasteiger charge is 2.31. The number of anilines is 1. The highest BCUT2D eigenvalue weighted by Crippen LogP contribution is 2.17. The molecule has 2 saturated heterocycles. The number of rotatable bonds is 6. The number of amides is 3. The van der Waals surface area contributed by atoms with E-state index < -0.39 is 11.2 Å². The summed E-state index contributed by atoms with van der Waals surface area (Å²) >= 11 is 0. The van der Waals surface area contributed by atoms with Crippen LogP contribution in [0.3, 0.4) is 0 Å². The summed E-state index contributed by atoms with van der Waals surface area (Å²) in [6.07, 6.45) is 3.43. The highest BCUT2D eigenvalue weighted by atomic mass is 35.5. The Morgan fingerprint density at radius 2 is 1.60 bits per heavy atom. The lowest BCUT2D eigenvalue weighted by atomic mass is 10.0. The minimum atomic E-state index is -0.952. The normalized spacial score (nSPS) is 16.7. The molecule has 2 aromatic rings. The quantitative estimate of drug-likeness (QED) is 0.281. The summed E-state index contributed by atoms with van der Waals surface area (Å²) in [7, 11) is 0. The monoisotopic (exact) mass is 574 g/mol. The van der Waals surface area contributed by atoms with Gasteiger partial charge >= 0.3 is 11.7 Å². The van der Waals surface area contributed by atoms with Crippen LogP contribution in [0.2, 0.25) is 0 Å². The van der Waals surface area contributed by atoms with Gasteiger partial charge in [-0.2, -0.15) is 4.98 Å². The van der Waals surface area contributed by atoms with Gasteiger partial charge in [0, 0.05) is 52.0 Å². The minimum absolute atomic E-state index is 0. The molecule has 14 heteroatoms. The van der Waals surface area contributed by atoms with Gasteiger partial charge in [-0.1, -0.05) is 12.1 Å². The third kappa shape index (κ3) is 7.93. The van der Waals surface area contributed by atoms with E-state index in [1.165, 1.54) is 4.57 Å². The molecule has 13 nitrogen and oxygen atoms in total. The van der Waals surface area contributed by atoms with Crippen molar-refractivity contribution in [2.75, 3.05) is 44.6 Å². The van der Waals surface area contributed by atoms with E-state index in [1.807, 2.05) is 24.3 Å². The van der Waals surface area contributed by atoms with Crippen LogP contribution in [-0.4, -0.2) is 93.0 Å². The Balaban J connectivity index is 0.00000441. The maximum absolute atomic E-state index is 12.7. The summed E-state index contributed by atoms with van der Waals surface area (Å²) in [4.78, 5) is 51.6. The molecule has 1 aromatic heterocycles. The van der Waals surface area contributed by atoms with Crippen molar-refractivity contribution in [2.45, 2.75) is 44.8 Å². The van der Waals surface area contributed by atoms with Crippen LogP contribution in [0.1, 0.15) is 32.3 Å². The Kier molecular flexibility index (Phi) is 10.1. The lowest BCUT2D eigenvalue weighted by molar-refractivity contribution is -0.137. The second kappa shape index (κ2) is 13.1. The summed E-state index contributed by atoms with van der Waals surface area (Å²) in [6, 6.07) is 9.16. The Bertz CT molecular complexity index is 1250. The standard InChI is InChI=1S/C26H38N10O3.ClH/c1-26(2,29)22(37)34-13-15-35(16-14-34)24(38)31-21-9-12-36(25(39)32-21)20-5-3-18(4-6-20)17-33-10-7-19(8-11-33)30-23(27)28;/h3-6,9,12,19H,7-8,10-11,13-17,29H2,1-2H3,(H4,27,28,30)(H,31,32,38,39);1H. The largest absolute Gasteiger partial charge is 0.370 e. The molecule has 3 heterocycles. The van der Waals surface area contributed by atoms with Crippen LogP contribution in [0.5, 0.6) is 0 Å². The van der Waals surface area contributed by atoms with E-state index in [1.54, 1.807) is 35.9 Å². The van der Waals surface area contributed by atoms with Crippen molar-refractivity contribution in [2.24, 2.45) is 22.2 Å². The average molecular weight is 575 g/mol. The summed E-state index contributed by atoms with van der Waals surface area (Å²) in [5.74, 6) is 0.165. The number of guanidine groups is 1. The number of nitrogens with two attached hydrogens (primary N) is 3. The first-order valence-electron chi connectivity index (χ1n) is 13.1. The molecular weight excluding hydrogens is 536 g/mol. The molecule has 0 aliphatic carbocycles. The summed E-state index contributed by atoms with van der Waals surface area (Å²) in [6.45, 7) is 7.49. The van der Waals surface area contributed by atoms with Crippen molar-refractivity contribution in [1.82, 2.24) is 24.3 Å². The van der Waals surface area contributed by atoms with Crippen molar-refractivity contribution in [3.63, 3.8) is 0 Å². The zero-order chi connectivity index (χ0) is 28.2. The third-order valence-corrected chi connectivity index (χ3v) is 6.95. The number of carbonyl (C=O) groups excluding carboxylic acids is 2. The number of nitrogens with zero attached hydrogens (tertiary/aromatic N) is 6. The molecule has 4 rings (SSSR count). The number of urea groups is 1. The van der Waals surface area contributed by atoms with Crippen molar-refractivity contribution in [3.8, 4) is 5.69 Å². The fraction of sp³-hybridized carbons (Fsp3) is 0.500. The Hall–Kier alpha value is -3.68. The van der Waals surface area contributed by atoms with Gasteiger partial charge in [-0.05, 0) is 50.5 Å². The first-order chi connectivity index (χ1) is 18.5. The SMILES string of the molecule is CC(C)(N)C(=O)N1CCN(C(=O)Nc2ccn(-c3ccc(CN4CCC(N=C(N)N)CC4)cc3)c(=O)n2)CC1.Cl. The molecule has 0 atom stereocenters. The molecule has 0 bridgehead atoms. The van der Waals surface area contributed by atoms with Gasteiger partial charge in [0.25, 0.3) is 0 Å². The molecule has 218 valence electrons. The molecule has 40 heavy (non-hydrogen) atoms. The summed E-state index contributed by atoms with van der Waals surface area (Å²) in [5, 5.41) is 2.68. The zero-order valence-corrected chi connectivity index (χ0v) is 23.8. The lowest BCUT2D eigenvalue weighted by Crippen LogP contribution is -2.58. The first-order valence-corrected chi connectivity index (χ1v) is 13.1. The molecule has 1 aromatic carbocycles. The first kappa shape index (κ1) is 30.9. The van der Waals surface area contributed by atoms with Gasteiger partial charge in [-0.3, -0.25) is 24.6 Å². The van der Waals surface area contributed by atoms with E-state index in [4.69, 9.17) is 17.2 Å². The molecule has 0 radical (unpaired) electrons. The Morgan fingerprint density at radius 3 is 2.15 bits per heavy atom. The molecule has 0 spiro atoms. The fourth-order valence-electron chi connectivity index (χ4n) is 4.82. The Morgan fingerprint density at radius 1 is 1.00 bits per heavy atom. The molecule has 0 unspecified atom stereocenters. The zero-order valence-electron chi connectivity index (χ0n) is 23.0. The van der Waals surface area contributed by atoms with Gasteiger partial charge in [-0.15, -0.1) is 12.4 Å². The van der Waals surface area contributed by atoms with Crippen LogP contribution >= 0.6 is 12.4 Å². The highest BCUT2D eigenvalue weighted by molar-refractivity contribution is 5.89. The summed E-state index contributed by atoms with van der Waals surface area (Å²) < 4.78 is 1.43. The molecule has 2 aliphatic rings. The fourth-order valence-corrected chi connectivity index (χ4v) is 4.82. The summed E-state index contributed by atoms with van der Waals surface area (Å²) in [5.41, 5.74) is 17.3. The number of aromatic nitrogens is 2. The van der Waals surface area contributed by atoms with E-state index in [-0.39, 0.29) is 42.2 Å². The van der Waals surface area contributed by atoms with Crippen molar-refractivity contribution < 1.29 is 9.59 Å². The van der Waals surface area contributed by atoms with E-state index in [9.17, 15) is 14.4 Å². The van der Waals surface area contributed by atoms with Gasteiger partial charge in [-0.25, -0.2) is 9.59 Å². The van der Waals surface area contributed by atoms with Crippen LogP contribution in [-0.2, 0) is 11.3 Å². The minimum Gasteiger partial charge on any atom is -0.370 e. The van der Waals surface area contributed by atoms with Crippen LogP contribution in [0.4, 0.5) is 10.6 Å². The van der Waals surface area contributed by atoms with Crippen LogP contribution in [0, 0.1) is 0 Å². The number of aliphatic imine (C=N–C) groups is 1. The number of piperazine rings is 1. The molecule has 7 N–H and O–H groups in total. The molecular formula is C26H39ClN10O3. The lowest BCUT2D eigenvalue weighted by Gasteiger charge is -2.37. The number of benzene rings is 1. The van der Waals surface area contributed by atoms with Crippen molar-refractivity contribution >= 4 is 36.1 Å². The number of likely N-dealkylation sites (tertiary alicyclic amines) is 1. The maximum atomic E-state index is 12.7. The number of nitrogens with one attached hydrogen (secondary N) is 1. The predicted octanol–water partition coefficient (Wildman–Crippen LogP) is 0.306. The van der Waals surface area contributed by atoms with Crippen LogP contribution in [0.25, 0.3) is 5.69 Å². The van der Waals surface area contributed by atoms with Gasteiger partial charge < -0.3 is 27.0 Å². The maximum Gasteiger partial charge on any atom is 0.354 e. The van der Waals surface area contributed by atoms with Gasteiger partial charge in [0.2, 0.25) is 5.91 Å². The van der Waals surface area contributed by atoms with E-state index in [2.05, 4.69) is 20.2 Å². The number of hydrogen-bond donors (Lipinski definition) is 4. The van der Waals surface area contributed by atoms with E-state index in [0.717, 1.165) is 38.0 Å². The number of carbonyl (C=O) groups is 2. The van der Waals surface area contributed by atoms with E-state index in [0.29, 0.717) is 31.9 Å². The average Bonchev–Trinajstić information content (AvgIpc) is 2.89. The number of piperidine rings is 1. The van der Waals surface area contributed by atoms with E-state index >= 15 is 0 Å². The second-order valence-electron chi connectivity index (χ2n) is 10.6. The molecule has 3 amide bonds. The smallest absolute Gasteiger partial charge is 0.354 e. The van der Waals surface area contributed by atoms with Crippen LogP contribution in [0.15, 0.2) is 46.3 Å². The van der Waals surface area contributed by atoms with Gasteiger partial charge in [0.15, 0.2) is 5.96 Å². The molecule has 2 fully saturated rings.